The van der Waals surface area contributed by atoms with Crippen LogP contribution < -0.4 is 15.1 Å². The highest BCUT2D eigenvalue weighted by Crippen LogP contribution is 2.27. The molecule has 10 heteroatoms. The van der Waals surface area contributed by atoms with Gasteiger partial charge < -0.3 is 14.7 Å². The molecule has 0 aromatic heterocycles. The zero-order valence-corrected chi connectivity index (χ0v) is 18.4. The highest BCUT2D eigenvalue weighted by Gasteiger charge is 2.31. The van der Waals surface area contributed by atoms with E-state index < -0.39 is 10.0 Å². The van der Waals surface area contributed by atoms with E-state index in [1.165, 1.54) is 17.6 Å². The highest BCUT2D eigenvalue weighted by molar-refractivity contribution is 7.89. The van der Waals surface area contributed by atoms with Crippen LogP contribution in [0, 0.1) is 6.92 Å². The molecule has 0 bridgehead atoms. The molecule has 9 nitrogen and oxygen atoms in total. The standard InChI is InChI=1S/C21H26N4O5S/c1-16-6-8-18(9-7-16)31(28,29)25-12-10-24(11-13-25)15-20(26)23-22-14-17-4-3-5-19(30-2)21(17)27/h3-9,14,27H,10-13,15H2,1-2H3,(H,23,26)/p+1/b22-14+. The molecule has 0 aliphatic carbocycles. The van der Waals surface area contributed by atoms with Crippen LogP contribution in [-0.4, -0.2) is 69.8 Å². The van der Waals surface area contributed by atoms with Crippen molar-refractivity contribution in [1.29, 1.82) is 0 Å². The summed E-state index contributed by atoms with van der Waals surface area (Å²) in [6.45, 7) is 3.84. The van der Waals surface area contributed by atoms with Gasteiger partial charge in [0.1, 0.15) is 0 Å². The summed E-state index contributed by atoms with van der Waals surface area (Å²) in [5.74, 6) is -0.0267. The molecule has 1 aliphatic heterocycles. The molecule has 2 aromatic carbocycles. The Bertz CT molecular complexity index is 1050. The lowest BCUT2D eigenvalue weighted by atomic mass is 10.2. The van der Waals surface area contributed by atoms with Crippen LogP contribution in [0.3, 0.4) is 0 Å². The van der Waals surface area contributed by atoms with Crippen LogP contribution in [0.2, 0.25) is 0 Å². The van der Waals surface area contributed by atoms with Crippen LogP contribution >= 0.6 is 0 Å². The topological polar surface area (TPSA) is 113 Å². The van der Waals surface area contributed by atoms with Crippen molar-refractivity contribution in [2.24, 2.45) is 5.10 Å². The Labute approximate surface area is 182 Å². The summed E-state index contributed by atoms with van der Waals surface area (Å²) >= 11 is 0. The molecule has 1 heterocycles. The number of methoxy groups -OCH3 is 1. The monoisotopic (exact) mass is 447 g/mol. The third kappa shape index (κ3) is 5.60. The zero-order chi connectivity index (χ0) is 22.4. The summed E-state index contributed by atoms with van der Waals surface area (Å²) in [5.41, 5.74) is 3.86. The molecular weight excluding hydrogens is 420 g/mol. The number of hydrogen-bond acceptors (Lipinski definition) is 6. The number of phenols is 1. The van der Waals surface area contributed by atoms with Crippen LogP contribution in [-0.2, 0) is 14.8 Å². The van der Waals surface area contributed by atoms with Gasteiger partial charge in [0.25, 0.3) is 5.91 Å². The predicted octanol–water partition coefficient (Wildman–Crippen LogP) is -0.251. The van der Waals surface area contributed by atoms with E-state index in [2.05, 4.69) is 10.5 Å². The van der Waals surface area contributed by atoms with E-state index in [1.54, 1.807) is 42.5 Å². The molecule has 3 rings (SSSR count). The Morgan fingerprint density at radius 1 is 1.23 bits per heavy atom. The molecule has 0 saturated carbocycles. The molecule has 1 fully saturated rings. The van der Waals surface area contributed by atoms with E-state index >= 15 is 0 Å². The van der Waals surface area contributed by atoms with Gasteiger partial charge in [-0.2, -0.15) is 9.41 Å². The van der Waals surface area contributed by atoms with Crippen molar-refractivity contribution in [3.63, 3.8) is 0 Å². The lowest BCUT2D eigenvalue weighted by Crippen LogP contribution is -3.15. The van der Waals surface area contributed by atoms with Gasteiger partial charge in [0, 0.05) is 5.56 Å². The molecule has 1 saturated heterocycles. The fraction of sp³-hybridized carbons (Fsp3) is 0.333. The summed E-state index contributed by atoms with van der Waals surface area (Å²) in [4.78, 5) is 13.4. The number of nitrogens with one attached hydrogen (secondary N) is 2. The fourth-order valence-corrected chi connectivity index (χ4v) is 4.77. The third-order valence-corrected chi connectivity index (χ3v) is 7.05. The van der Waals surface area contributed by atoms with Crippen molar-refractivity contribution in [2.45, 2.75) is 11.8 Å². The first-order chi connectivity index (χ1) is 14.8. The fourth-order valence-electron chi connectivity index (χ4n) is 3.33. The Morgan fingerprint density at radius 2 is 1.90 bits per heavy atom. The van der Waals surface area contributed by atoms with Crippen LogP contribution in [0.1, 0.15) is 11.1 Å². The molecule has 1 aliphatic rings. The van der Waals surface area contributed by atoms with E-state index in [-0.39, 0.29) is 23.1 Å². The molecule has 0 spiro atoms. The number of carbonyl (C=O) groups is 1. The number of nitrogens with zero attached hydrogens (tertiary/aromatic N) is 2. The van der Waals surface area contributed by atoms with Crippen LogP contribution in [0.25, 0.3) is 0 Å². The summed E-state index contributed by atoms with van der Waals surface area (Å²) in [5, 5.41) is 13.9. The average molecular weight is 448 g/mol. The molecule has 1 amide bonds. The Balaban J connectivity index is 1.49. The first-order valence-corrected chi connectivity index (χ1v) is 11.3. The van der Waals surface area contributed by atoms with Crippen molar-refractivity contribution in [3.8, 4) is 11.5 Å². The molecule has 166 valence electrons. The van der Waals surface area contributed by atoms with Gasteiger partial charge in [-0.05, 0) is 31.2 Å². The second-order valence-electron chi connectivity index (χ2n) is 7.34. The van der Waals surface area contributed by atoms with E-state index in [1.807, 2.05) is 6.92 Å². The van der Waals surface area contributed by atoms with Crippen molar-refractivity contribution in [1.82, 2.24) is 9.73 Å². The van der Waals surface area contributed by atoms with Crippen molar-refractivity contribution >= 4 is 22.1 Å². The number of para-hydroxylation sites is 1. The number of amides is 1. The van der Waals surface area contributed by atoms with Crippen LogP contribution in [0.15, 0.2) is 52.5 Å². The molecule has 0 radical (unpaired) electrons. The largest absolute Gasteiger partial charge is 0.504 e. The molecule has 3 N–H and O–H groups in total. The lowest BCUT2D eigenvalue weighted by molar-refractivity contribution is -0.895. The first-order valence-electron chi connectivity index (χ1n) is 9.89. The number of aromatic hydroxyl groups is 1. The predicted molar refractivity (Wildman–Crippen MR) is 116 cm³/mol. The van der Waals surface area contributed by atoms with E-state index in [4.69, 9.17) is 4.74 Å². The number of hydrazone groups is 1. The molecule has 2 aromatic rings. The van der Waals surface area contributed by atoms with Crippen molar-refractivity contribution in [3.05, 3.63) is 53.6 Å². The quantitative estimate of drug-likeness (QED) is 0.400. The number of hydrogen-bond donors (Lipinski definition) is 3. The van der Waals surface area contributed by atoms with E-state index in [9.17, 15) is 18.3 Å². The number of ether oxygens (including phenoxy) is 1. The number of quaternary nitrogens is 1. The summed E-state index contributed by atoms with van der Waals surface area (Å²) in [7, 11) is -2.07. The maximum Gasteiger partial charge on any atom is 0.295 e. The normalized spacial score (nSPS) is 15.8. The highest BCUT2D eigenvalue weighted by atomic mass is 32.2. The van der Waals surface area contributed by atoms with Gasteiger partial charge in [0.15, 0.2) is 18.0 Å². The summed E-state index contributed by atoms with van der Waals surface area (Å²) in [6, 6.07) is 11.8. The molecular formula is C21H27N4O5S+. The number of sulfonamides is 1. The van der Waals surface area contributed by atoms with Crippen molar-refractivity contribution in [2.75, 3.05) is 39.8 Å². The van der Waals surface area contributed by atoms with Gasteiger partial charge in [-0.1, -0.05) is 23.8 Å². The van der Waals surface area contributed by atoms with Gasteiger partial charge >= 0.3 is 0 Å². The summed E-state index contributed by atoms with van der Waals surface area (Å²) < 4.78 is 32.0. The Kier molecular flexibility index (Phi) is 7.26. The Hall–Kier alpha value is -2.95. The minimum Gasteiger partial charge on any atom is -0.504 e. The second-order valence-corrected chi connectivity index (χ2v) is 9.27. The number of carbonyl (C=O) groups excluding carboxylic acids is 1. The van der Waals surface area contributed by atoms with Crippen LogP contribution in [0.5, 0.6) is 11.5 Å². The van der Waals surface area contributed by atoms with Crippen LogP contribution in [0.4, 0.5) is 0 Å². The zero-order valence-electron chi connectivity index (χ0n) is 17.5. The average Bonchev–Trinajstić information content (AvgIpc) is 2.75. The Morgan fingerprint density at radius 3 is 2.55 bits per heavy atom. The number of piperazine rings is 1. The number of aryl methyl sites for hydroxylation is 1. The van der Waals surface area contributed by atoms with E-state index in [0.29, 0.717) is 37.5 Å². The van der Waals surface area contributed by atoms with E-state index in [0.717, 1.165) is 10.5 Å². The van der Waals surface area contributed by atoms with Gasteiger partial charge in [-0.15, -0.1) is 0 Å². The van der Waals surface area contributed by atoms with Gasteiger partial charge in [-0.25, -0.2) is 13.8 Å². The molecule has 0 unspecified atom stereocenters. The minimum atomic E-state index is -3.52. The van der Waals surface area contributed by atoms with Gasteiger partial charge in [0.05, 0.1) is 44.4 Å². The minimum absolute atomic E-state index is 0.0560. The van der Waals surface area contributed by atoms with Gasteiger partial charge in [-0.3, -0.25) is 4.79 Å². The SMILES string of the molecule is COc1cccc(/C=N/NC(=O)C[NH+]2CCN(S(=O)(=O)c3ccc(C)cc3)CC2)c1O. The lowest BCUT2D eigenvalue weighted by Gasteiger charge is -2.31. The first kappa shape index (κ1) is 22.7. The van der Waals surface area contributed by atoms with Gasteiger partial charge in [0.2, 0.25) is 10.0 Å². The molecule has 0 atom stereocenters. The number of benzene rings is 2. The second kappa shape index (κ2) is 9.90. The van der Waals surface area contributed by atoms with Crippen molar-refractivity contribution < 1.29 is 28.0 Å². The maximum absolute atomic E-state index is 12.8. The maximum atomic E-state index is 12.8. The smallest absolute Gasteiger partial charge is 0.295 e. The third-order valence-electron chi connectivity index (χ3n) is 5.14. The number of phenolic OH excluding ortho intramolecular Hbond substituents is 1. The molecule has 31 heavy (non-hydrogen) atoms. The number of rotatable bonds is 7. The summed E-state index contributed by atoms with van der Waals surface area (Å²) in [6.07, 6.45) is 1.34.